The Balaban J connectivity index is 2.50. The van der Waals surface area contributed by atoms with Crippen LogP contribution in [-0.2, 0) is 6.54 Å². The first kappa shape index (κ1) is 8.07. The minimum absolute atomic E-state index is 0.449. The van der Waals surface area contributed by atoms with Crippen LogP contribution in [0.15, 0.2) is 10.6 Å². The van der Waals surface area contributed by atoms with Crippen LogP contribution in [0.25, 0.3) is 0 Å². The molecule has 0 aliphatic heterocycles. The van der Waals surface area contributed by atoms with Gasteiger partial charge >= 0.3 is 0 Å². The average Bonchev–Trinajstić information content (AvgIpc) is 2.35. The highest BCUT2D eigenvalue weighted by molar-refractivity contribution is 5.26. The maximum Gasteiger partial charge on any atom is 0.167 e. The Bertz CT molecular complexity index is 221. The molecule has 0 aliphatic rings. The number of hydrogen-bond donors (Lipinski definition) is 1. The number of rotatable bonds is 3. The van der Waals surface area contributed by atoms with Gasteiger partial charge in [-0.3, -0.25) is 4.90 Å². The van der Waals surface area contributed by atoms with Crippen molar-refractivity contribution in [2.24, 2.45) is 0 Å². The molecular formula is C7H13N3O. The molecule has 0 atom stereocenters. The summed E-state index contributed by atoms with van der Waals surface area (Å²) in [6.07, 6.45) is 0. The van der Waals surface area contributed by atoms with Gasteiger partial charge in [-0.15, -0.1) is 0 Å². The Morgan fingerprint density at radius 3 is 2.91 bits per heavy atom. The molecule has 4 nitrogen and oxygen atoms in total. The average molecular weight is 155 g/mol. The second kappa shape index (κ2) is 3.39. The van der Waals surface area contributed by atoms with E-state index < -0.39 is 0 Å². The Hall–Kier alpha value is -1.03. The topological polar surface area (TPSA) is 55.3 Å². The minimum Gasteiger partial charge on any atom is -0.381 e. The van der Waals surface area contributed by atoms with Gasteiger partial charge in [-0.05, 0) is 13.6 Å². The smallest absolute Gasteiger partial charge is 0.167 e. The molecule has 0 aromatic carbocycles. The van der Waals surface area contributed by atoms with Crippen LogP contribution in [0.5, 0.6) is 0 Å². The van der Waals surface area contributed by atoms with Crippen LogP contribution in [0.2, 0.25) is 0 Å². The summed E-state index contributed by atoms with van der Waals surface area (Å²) >= 11 is 0. The summed E-state index contributed by atoms with van der Waals surface area (Å²) in [6, 6.07) is 1.74. The van der Waals surface area contributed by atoms with Gasteiger partial charge in [0.2, 0.25) is 0 Å². The van der Waals surface area contributed by atoms with E-state index in [0.717, 1.165) is 18.8 Å². The number of nitrogens with zero attached hydrogens (tertiary/aromatic N) is 2. The zero-order chi connectivity index (χ0) is 8.27. The van der Waals surface area contributed by atoms with Gasteiger partial charge in [0.15, 0.2) is 11.6 Å². The quantitative estimate of drug-likeness (QED) is 0.698. The number of nitrogen functional groups attached to an aromatic ring is 1. The van der Waals surface area contributed by atoms with Gasteiger partial charge in [0.1, 0.15) is 0 Å². The number of aromatic nitrogens is 1. The van der Waals surface area contributed by atoms with E-state index >= 15 is 0 Å². The van der Waals surface area contributed by atoms with E-state index in [0.29, 0.717) is 5.82 Å². The number of anilines is 1. The molecule has 0 fully saturated rings. The molecule has 0 amide bonds. The van der Waals surface area contributed by atoms with E-state index in [1.54, 1.807) is 6.07 Å². The number of hydrogen-bond acceptors (Lipinski definition) is 4. The Kier molecular flexibility index (Phi) is 2.48. The van der Waals surface area contributed by atoms with Gasteiger partial charge < -0.3 is 10.3 Å². The standard InChI is InChI=1S/C7H13N3O/c1-3-10(2)5-6-4-7(8)9-11-6/h4H,3,5H2,1-2H3,(H2,8,9). The maximum atomic E-state index is 5.37. The molecule has 1 rings (SSSR count). The number of nitrogens with two attached hydrogens (primary N) is 1. The highest BCUT2D eigenvalue weighted by Crippen LogP contribution is 2.06. The van der Waals surface area contributed by atoms with Crippen LogP contribution in [0.4, 0.5) is 5.82 Å². The third-order valence-corrected chi connectivity index (χ3v) is 1.54. The van der Waals surface area contributed by atoms with Crippen molar-refractivity contribution in [1.29, 1.82) is 0 Å². The molecule has 1 aromatic heterocycles. The van der Waals surface area contributed by atoms with Crippen molar-refractivity contribution < 1.29 is 4.52 Å². The zero-order valence-corrected chi connectivity index (χ0v) is 6.87. The van der Waals surface area contributed by atoms with Gasteiger partial charge in [0.25, 0.3) is 0 Å². The van der Waals surface area contributed by atoms with Crippen LogP contribution in [-0.4, -0.2) is 23.6 Å². The monoisotopic (exact) mass is 155 g/mol. The van der Waals surface area contributed by atoms with Gasteiger partial charge in [0, 0.05) is 6.07 Å². The lowest BCUT2D eigenvalue weighted by atomic mass is 10.4. The van der Waals surface area contributed by atoms with Crippen LogP contribution < -0.4 is 5.73 Å². The van der Waals surface area contributed by atoms with Crippen molar-refractivity contribution in [3.8, 4) is 0 Å². The molecule has 0 bridgehead atoms. The molecule has 0 spiro atoms. The Labute approximate surface area is 66.0 Å². The minimum atomic E-state index is 0.449. The van der Waals surface area contributed by atoms with Gasteiger partial charge in [0.05, 0.1) is 6.54 Å². The third kappa shape index (κ3) is 2.23. The van der Waals surface area contributed by atoms with Crippen molar-refractivity contribution in [3.05, 3.63) is 11.8 Å². The van der Waals surface area contributed by atoms with Crippen molar-refractivity contribution in [1.82, 2.24) is 10.1 Å². The van der Waals surface area contributed by atoms with Crippen LogP contribution in [0, 0.1) is 0 Å². The molecule has 0 saturated carbocycles. The highest BCUT2D eigenvalue weighted by Gasteiger charge is 2.02. The van der Waals surface area contributed by atoms with Gasteiger partial charge in [-0.1, -0.05) is 12.1 Å². The fourth-order valence-corrected chi connectivity index (χ4v) is 0.781. The van der Waals surface area contributed by atoms with Crippen LogP contribution >= 0.6 is 0 Å². The molecule has 4 heteroatoms. The van der Waals surface area contributed by atoms with Crippen LogP contribution in [0.3, 0.4) is 0 Å². The second-order valence-corrected chi connectivity index (χ2v) is 2.55. The first-order valence-corrected chi connectivity index (χ1v) is 3.62. The van der Waals surface area contributed by atoms with Crippen LogP contribution in [0.1, 0.15) is 12.7 Å². The van der Waals surface area contributed by atoms with E-state index in [1.165, 1.54) is 0 Å². The van der Waals surface area contributed by atoms with E-state index in [4.69, 9.17) is 10.3 Å². The lowest BCUT2D eigenvalue weighted by molar-refractivity contribution is 0.283. The SMILES string of the molecule is CCN(C)Cc1cc(N)no1. The molecule has 2 N–H and O–H groups in total. The summed E-state index contributed by atoms with van der Waals surface area (Å²) in [4.78, 5) is 2.11. The van der Waals surface area contributed by atoms with E-state index in [2.05, 4.69) is 17.0 Å². The fraction of sp³-hybridized carbons (Fsp3) is 0.571. The molecule has 0 radical (unpaired) electrons. The molecular weight excluding hydrogens is 142 g/mol. The van der Waals surface area contributed by atoms with Gasteiger partial charge in [-0.2, -0.15) is 0 Å². The summed E-state index contributed by atoms with van der Waals surface area (Å²) in [5.41, 5.74) is 5.37. The Morgan fingerprint density at radius 2 is 2.45 bits per heavy atom. The summed E-state index contributed by atoms with van der Waals surface area (Å²) in [5.74, 6) is 1.26. The molecule has 0 saturated heterocycles. The normalized spacial score (nSPS) is 10.8. The first-order valence-electron chi connectivity index (χ1n) is 3.62. The van der Waals surface area contributed by atoms with Crippen molar-refractivity contribution in [2.45, 2.75) is 13.5 Å². The summed E-state index contributed by atoms with van der Waals surface area (Å²) in [6.45, 7) is 3.83. The summed E-state index contributed by atoms with van der Waals surface area (Å²) in [5, 5.41) is 3.58. The lowest BCUT2D eigenvalue weighted by Gasteiger charge is -2.09. The highest BCUT2D eigenvalue weighted by atomic mass is 16.5. The van der Waals surface area contributed by atoms with Crippen molar-refractivity contribution in [2.75, 3.05) is 19.3 Å². The van der Waals surface area contributed by atoms with E-state index in [-0.39, 0.29) is 0 Å². The Morgan fingerprint density at radius 1 is 1.73 bits per heavy atom. The second-order valence-electron chi connectivity index (χ2n) is 2.55. The van der Waals surface area contributed by atoms with E-state index in [9.17, 15) is 0 Å². The maximum absolute atomic E-state index is 5.37. The predicted octanol–water partition coefficient (Wildman–Crippen LogP) is 0.709. The molecule has 1 heterocycles. The largest absolute Gasteiger partial charge is 0.381 e. The molecule has 0 unspecified atom stereocenters. The summed E-state index contributed by atoms with van der Waals surface area (Å²) in [7, 11) is 2.01. The molecule has 0 aliphatic carbocycles. The lowest BCUT2D eigenvalue weighted by Crippen LogP contribution is -2.16. The van der Waals surface area contributed by atoms with Crippen molar-refractivity contribution in [3.63, 3.8) is 0 Å². The zero-order valence-electron chi connectivity index (χ0n) is 6.87. The third-order valence-electron chi connectivity index (χ3n) is 1.54. The van der Waals surface area contributed by atoms with Crippen molar-refractivity contribution >= 4 is 5.82 Å². The van der Waals surface area contributed by atoms with E-state index in [1.807, 2.05) is 7.05 Å². The predicted molar refractivity (Wildman–Crippen MR) is 42.9 cm³/mol. The first-order chi connectivity index (χ1) is 5.22. The molecule has 62 valence electrons. The van der Waals surface area contributed by atoms with Gasteiger partial charge in [-0.25, -0.2) is 0 Å². The summed E-state index contributed by atoms with van der Waals surface area (Å²) < 4.78 is 4.92. The fourth-order valence-electron chi connectivity index (χ4n) is 0.781. The molecule has 1 aromatic rings. The molecule has 11 heavy (non-hydrogen) atoms.